The fourth-order valence-electron chi connectivity index (χ4n) is 2.96. The lowest BCUT2D eigenvalue weighted by molar-refractivity contribution is -0.142. The van der Waals surface area contributed by atoms with Crippen LogP contribution < -0.4 is 10.1 Å². The van der Waals surface area contributed by atoms with Crippen molar-refractivity contribution in [3.05, 3.63) is 64.2 Å². The van der Waals surface area contributed by atoms with Gasteiger partial charge in [-0.25, -0.2) is 0 Å². The maximum Gasteiger partial charge on any atom is 0.261 e. The van der Waals surface area contributed by atoms with Gasteiger partial charge in [0, 0.05) is 18.1 Å². The summed E-state index contributed by atoms with van der Waals surface area (Å²) in [5.74, 6) is 0.140. The van der Waals surface area contributed by atoms with Crippen LogP contribution >= 0.6 is 11.6 Å². The highest BCUT2D eigenvalue weighted by Crippen LogP contribution is 2.20. The van der Waals surface area contributed by atoms with Crippen molar-refractivity contribution in [2.24, 2.45) is 0 Å². The Kier molecular flexibility index (Phi) is 7.88. The van der Waals surface area contributed by atoms with Crippen LogP contribution in [-0.2, 0) is 16.1 Å². The standard InChI is InChI=1S/C22H27ClN2O3/c1-5-24-22(27)17(4)25(13-18-8-6-7-9-20(18)23)21(26)14-28-19-11-15(2)10-16(3)12-19/h6-12,17H,5,13-14H2,1-4H3,(H,24,27). The Hall–Kier alpha value is -2.53. The quantitative estimate of drug-likeness (QED) is 0.728. The van der Waals surface area contributed by atoms with E-state index >= 15 is 0 Å². The van der Waals surface area contributed by atoms with Gasteiger partial charge in [0.2, 0.25) is 5.91 Å². The van der Waals surface area contributed by atoms with Crippen LogP contribution in [0.2, 0.25) is 5.02 Å². The van der Waals surface area contributed by atoms with Crippen LogP contribution in [0.25, 0.3) is 0 Å². The van der Waals surface area contributed by atoms with E-state index in [1.165, 1.54) is 4.90 Å². The molecule has 1 N–H and O–H groups in total. The largest absolute Gasteiger partial charge is 0.484 e. The zero-order valence-corrected chi connectivity index (χ0v) is 17.5. The number of hydrogen-bond acceptors (Lipinski definition) is 3. The van der Waals surface area contributed by atoms with Crippen molar-refractivity contribution in [3.63, 3.8) is 0 Å². The van der Waals surface area contributed by atoms with Gasteiger partial charge in [-0.1, -0.05) is 35.9 Å². The van der Waals surface area contributed by atoms with Gasteiger partial charge in [0.05, 0.1) is 0 Å². The number of benzene rings is 2. The van der Waals surface area contributed by atoms with Gasteiger partial charge in [0.15, 0.2) is 6.61 Å². The minimum Gasteiger partial charge on any atom is -0.484 e. The second kappa shape index (κ2) is 10.1. The predicted octanol–water partition coefficient (Wildman–Crippen LogP) is 3.89. The number of carbonyl (C=O) groups excluding carboxylic acids is 2. The van der Waals surface area contributed by atoms with E-state index in [9.17, 15) is 9.59 Å². The molecule has 1 unspecified atom stereocenters. The lowest BCUT2D eigenvalue weighted by Crippen LogP contribution is -2.49. The van der Waals surface area contributed by atoms with Crippen LogP contribution in [0.4, 0.5) is 0 Å². The van der Waals surface area contributed by atoms with Gasteiger partial charge in [-0.2, -0.15) is 0 Å². The fourth-order valence-corrected chi connectivity index (χ4v) is 3.15. The first-order valence-electron chi connectivity index (χ1n) is 9.33. The van der Waals surface area contributed by atoms with E-state index in [-0.39, 0.29) is 25.0 Å². The normalized spacial score (nSPS) is 11.6. The second-order valence-electron chi connectivity index (χ2n) is 6.80. The molecule has 0 fully saturated rings. The smallest absolute Gasteiger partial charge is 0.261 e. The fraction of sp³-hybridized carbons (Fsp3) is 0.364. The van der Waals surface area contributed by atoms with Gasteiger partial charge in [-0.3, -0.25) is 9.59 Å². The summed E-state index contributed by atoms with van der Waals surface area (Å²) in [6.45, 7) is 8.07. The molecule has 2 amide bonds. The van der Waals surface area contributed by atoms with Crippen molar-refractivity contribution in [2.75, 3.05) is 13.2 Å². The van der Waals surface area contributed by atoms with Crippen LogP contribution in [0, 0.1) is 13.8 Å². The lowest BCUT2D eigenvalue weighted by atomic mass is 10.1. The van der Waals surface area contributed by atoms with Crippen molar-refractivity contribution in [1.82, 2.24) is 10.2 Å². The maximum absolute atomic E-state index is 12.9. The van der Waals surface area contributed by atoms with Gasteiger partial charge in [0.25, 0.3) is 5.91 Å². The average molecular weight is 403 g/mol. The van der Waals surface area contributed by atoms with Crippen molar-refractivity contribution >= 4 is 23.4 Å². The third-order valence-corrected chi connectivity index (χ3v) is 4.74. The number of amides is 2. The number of hydrogen-bond donors (Lipinski definition) is 1. The summed E-state index contributed by atoms with van der Waals surface area (Å²) in [5, 5.41) is 3.32. The van der Waals surface area contributed by atoms with Gasteiger partial charge in [-0.15, -0.1) is 0 Å². The van der Waals surface area contributed by atoms with Gasteiger partial charge in [-0.05, 0) is 62.6 Å². The van der Waals surface area contributed by atoms with E-state index in [0.717, 1.165) is 16.7 Å². The number of nitrogens with one attached hydrogen (secondary N) is 1. The van der Waals surface area contributed by atoms with Crippen molar-refractivity contribution < 1.29 is 14.3 Å². The minimum atomic E-state index is -0.647. The first kappa shape index (κ1) is 21.8. The predicted molar refractivity (Wildman–Crippen MR) is 112 cm³/mol. The molecule has 0 aliphatic rings. The molecule has 2 aromatic carbocycles. The molecule has 6 heteroatoms. The van der Waals surface area contributed by atoms with E-state index in [1.54, 1.807) is 13.0 Å². The Morgan fingerprint density at radius 1 is 1.14 bits per heavy atom. The monoisotopic (exact) mass is 402 g/mol. The molecule has 0 aliphatic carbocycles. The first-order valence-corrected chi connectivity index (χ1v) is 9.71. The first-order chi connectivity index (χ1) is 13.3. The minimum absolute atomic E-state index is 0.156. The number of rotatable bonds is 8. The number of carbonyl (C=O) groups is 2. The van der Waals surface area contributed by atoms with Crippen LogP contribution in [0.5, 0.6) is 5.75 Å². The van der Waals surface area contributed by atoms with E-state index in [1.807, 2.05) is 57.2 Å². The number of nitrogens with zero attached hydrogens (tertiary/aromatic N) is 1. The summed E-state index contributed by atoms with van der Waals surface area (Å²) in [4.78, 5) is 26.8. The second-order valence-corrected chi connectivity index (χ2v) is 7.20. The highest BCUT2D eigenvalue weighted by atomic mass is 35.5. The Morgan fingerprint density at radius 2 is 1.79 bits per heavy atom. The van der Waals surface area contributed by atoms with Gasteiger partial charge < -0.3 is 15.0 Å². The van der Waals surface area contributed by atoms with Crippen LogP contribution in [-0.4, -0.2) is 35.9 Å². The summed E-state index contributed by atoms with van der Waals surface area (Å²) >= 11 is 6.26. The molecule has 0 radical (unpaired) electrons. The zero-order chi connectivity index (χ0) is 20.7. The SMILES string of the molecule is CCNC(=O)C(C)N(Cc1ccccc1Cl)C(=O)COc1cc(C)cc(C)c1. The number of likely N-dealkylation sites (N-methyl/N-ethyl adjacent to an activating group) is 1. The Labute approximate surface area is 171 Å². The molecule has 0 spiro atoms. The molecule has 150 valence electrons. The third-order valence-electron chi connectivity index (χ3n) is 4.37. The molecule has 0 saturated heterocycles. The summed E-state index contributed by atoms with van der Waals surface area (Å²) in [5.41, 5.74) is 2.90. The van der Waals surface area contributed by atoms with Crippen LogP contribution in [0.1, 0.15) is 30.5 Å². The summed E-state index contributed by atoms with van der Waals surface area (Å²) < 4.78 is 5.71. The zero-order valence-electron chi connectivity index (χ0n) is 16.8. The lowest BCUT2D eigenvalue weighted by Gasteiger charge is -2.29. The molecule has 1 atom stereocenters. The van der Waals surface area contributed by atoms with E-state index in [4.69, 9.17) is 16.3 Å². The third kappa shape index (κ3) is 5.99. The average Bonchev–Trinajstić information content (AvgIpc) is 2.64. The topological polar surface area (TPSA) is 58.6 Å². The Morgan fingerprint density at radius 3 is 2.39 bits per heavy atom. The molecule has 0 heterocycles. The van der Waals surface area contributed by atoms with E-state index < -0.39 is 6.04 Å². The molecular weight excluding hydrogens is 376 g/mol. The van der Waals surface area contributed by atoms with Crippen LogP contribution in [0.3, 0.4) is 0 Å². The summed E-state index contributed by atoms with van der Waals surface area (Å²) in [6.07, 6.45) is 0. The van der Waals surface area contributed by atoms with Crippen molar-refractivity contribution in [2.45, 2.75) is 40.3 Å². The number of aryl methyl sites for hydroxylation is 2. The van der Waals surface area contributed by atoms with E-state index in [0.29, 0.717) is 17.3 Å². The maximum atomic E-state index is 12.9. The molecule has 0 aliphatic heterocycles. The Bertz CT molecular complexity index is 818. The highest BCUT2D eigenvalue weighted by Gasteiger charge is 2.26. The molecule has 0 saturated carbocycles. The molecule has 5 nitrogen and oxygen atoms in total. The summed E-state index contributed by atoms with van der Waals surface area (Å²) in [7, 11) is 0. The molecule has 0 bridgehead atoms. The number of ether oxygens (including phenoxy) is 1. The van der Waals surface area contributed by atoms with E-state index in [2.05, 4.69) is 5.32 Å². The van der Waals surface area contributed by atoms with Crippen molar-refractivity contribution in [3.8, 4) is 5.75 Å². The molecule has 28 heavy (non-hydrogen) atoms. The van der Waals surface area contributed by atoms with Gasteiger partial charge >= 0.3 is 0 Å². The highest BCUT2D eigenvalue weighted by molar-refractivity contribution is 6.31. The Balaban J connectivity index is 2.17. The molecule has 0 aromatic heterocycles. The molecular formula is C22H27ClN2O3. The molecule has 2 aromatic rings. The van der Waals surface area contributed by atoms with Crippen molar-refractivity contribution in [1.29, 1.82) is 0 Å². The van der Waals surface area contributed by atoms with Gasteiger partial charge in [0.1, 0.15) is 11.8 Å². The summed E-state index contributed by atoms with van der Waals surface area (Å²) in [6, 6.07) is 12.4. The molecule has 2 rings (SSSR count). The number of halogens is 1. The van der Waals surface area contributed by atoms with Crippen LogP contribution in [0.15, 0.2) is 42.5 Å².